The molecule has 0 aromatic heterocycles. The Morgan fingerprint density at radius 3 is 1.30 bits per heavy atom. The Morgan fingerprint density at radius 1 is 0.480 bits per heavy atom. The van der Waals surface area contributed by atoms with Gasteiger partial charge in [-0.3, -0.25) is 9.59 Å². The summed E-state index contributed by atoms with van der Waals surface area (Å²) in [5, 5.41) is 9.53. The third kappa shape index (κ3) is 37.1. The van der Waals surface area contributed by atoms with Crippen molar-refractivity contribution < 1.29 is 24.2 Å². The first-order valence-corrected chi connectivity index (χ1v) is 19.1. The van der Waals surface area contributed by atoms with Crippen LogP contribution in [-0.2, 0) is 19.1 Å². The number of hydrogen-bond donors (Lipinski definition) is 1. The van der Waals surface area contributed by atoms with Crippen LogP contribution in [0.25, 0.3) is 0 Å². The summed E-state index contributed by atoms with van der Waals surface area (Å²) in [4.78, 5) is 24.2. The highest BCUT2D eigenvalue weighted by Crippen LogP contribution is 2.05. The van der Waals surface area contributed by atoms with Crippen LogP contribution in [0, 0.1) is 0 Å². The van der Waals surface area contributed by atoms with E-state index >= 15 is 0 Å². The summed E-state index contributed by atoms with van der Waals surface area (Å²) < 4.78 is 10.5. The standard InChI is InChI=1S/C45H68O5/c1-3-5-7-9-11-13-15-17-19-21-22-24-25-27-29-31-33-35-37-39-44(47)49-42-43(41-46)50-45(48)40-38-36-34-32-30-28-26-23-20-18-16-14-12-10-8-6-4-2/h5,7,11-14,17-20,22,24,26-29,32-35,43,46H,3-4,6,8-10,15-16,21,23,25,30-31,36-42H2,1-2H3/b7-5-,13-11-,14-12-,19-17-,20-18-,24-22-,28-26-,29-27-,34-32-,35-33-/t43-/m0/s1. The predicted molar refractivity (Wildman–Crippen MR) is 214 cm³/mol. The van der Waals surface area contributed by atoms with Crippen molar-refractivity contribution in [1.29, 1.82) is 0 Å². The fourth-order valence-corrected chi connectivity index (χ4v) is 4.39. The van der Waals surface area contributed by atoms with Crippen LogP contribution in [0.15, 0.2) is 122 Å². The first kappa shape index (κ1) is 46.3. The van der Waals surface area contributed by atoms with Gasteiger partial charge in [0, 0.05) is 12.8 Å². The molecule has 0 aromatic rings. The van der Waals surface area contributed by atoms with Crippen LogP contribution >= 0.6 is 0 Å². The minimum atomic E-state index is -0.839. The monoisotopic (exact) mass is 689 g/mol. The molecule has 0 bridgehead atoms. The average molecular weight is 689 g/mol. The van der Waals surface area contributed by atoms with Crippen LogP contribution in [0.4, 0.5) is 0 Å². The number of carbonyl (C=O) groups excluding carboxylic acids is 2. The van der Waals surface area contributed by atoms with Crippen molar-refractivity contribution in [3.63, 3.8) is 0 Å². The number of allylic oxidation sites excluding steroid dienone is 20. The van der Waals surface area contributed by atoms with E-state index in [4.69, 9.17) is 9.47 Å². The number of hydrogen-bond acceptors (Lipinski definition) is 5. The third-order valence-corrected chi connectivity index (χ3v) is 7.25. The van der Waals surface area contributed by atoms with E-state index in [9.17, 15) is 14.7 Å². The van der Waals surface area contributed by atoms with Crippen molar-refractivity contribution in [1.82, 2.24) is 0 Å². The summed E-state index contributed by atoms with van der Waals surface area (Å²) >= 11 is 0. The van der Waals surface area contributed by atoms with Gasteiger partial charge in [0.15, 0.2) is 6.10 Å². The molecule has 0 heterocycles. The number of esters is 2. The molecule has 0 spiro atoms. The lowest BCUT2D eigenvalue weighted by Gasteiger charge is -2.15. The second-order valence-corrected chi connectivity index (χ2v) is 11.9. The van der Waals surface area contributed by atoms with Crippen molar-refractivity contribution in [2.45, 2.75) is 136 Å². The lowest BCUT2D eigenvalue weighted by molar-refractivity contribution is -0.161. The van der Waals surface area contributed by atoms with E-state index in [0.29, 0.717) is 12.8 Å². The topological polar surface area (TPSA) is 72.8 Å². The Bertz CT molecular complexity index is 1100. The van der Waals surface area contributed by atoms with Gasteiger partial charge in [-0.1, -0.05) is 148 Å². The molecule has 5 nitrogen and oxygen atoms in total. The Labute approximate surface area is 305 Å². The average Bonchev–Trinajstić information content (AvgIpc) is 3.12. The summed E-state index contributed by atoms with van der Waals surface area (Å²) in [5.74, 6) is -0.770. The quantitative estimate of drug-likeness (QED) is 0.0433. The molecular formula is C45H68O5. The summed E-state index contributed by atoms with van der Waals surface area (Å²) in [6, 6.07) is 0. The minimum Gasteiger partial charge on any atom is -0.462 e. The maximum atomic E-state index is 12.1. The molecule has 5 heteroatoms. The highest BCUT2D eigenvalue weighted by Gasteiger charge is 2.15. The van der Waals surface area contributed by atoms with Crippen molar-refractivity contribution in [3.05, 3.63) is 122 Å². The van der Waals surface area contributed by atoms with Crippen LogP contribution in [0.3, 0.4) is 0 Å². The number of carbonyl (C=O) groups is 2. The SMILES string of the molecule is CC/C=C\C/C=C\C/C=C\C/C=C\C/C=C\C/C=C\CCC(=O)OC[C@H](CO)OC(=O)CCC/C=C\C/C=C\C/C=C\C/C=C\CCCCC. The van der Waals surface area contributed by atoms with E-state index in [1.165, 1.54) is 25.7 Å². The van der Waals surface area contributed by atoms with Gasteiger partial charge in [-0.15, -0.1) is 0 Å². The van der Waals surface area contributed by atoms with Gasteiger partial charge in [-0.05, 0) is 89.9 Å². The lowest BCUT2D eigenvalue weighted by Crippen LogP contribution is -2.28. The van der Waals surface area contributed by atoms with Crippen LogP contribution in [0.1, 0.15) is 129 Å². The van der Waals surface area contributed by atoms with Gasteiger partial charge in [0.05, 0.1) is 6.61 Å². The van der Waals surface area contributed by atoms with Gasteiger partial charge in [-0.25, -0.2) is 0 Å². The molecule has 0 aliphatic carbocycles. The summed E-state index contributed by atoms with van der Waals surface area (Å²) in [7, 11) is 0. The van der Waals surface area contributed by atoms with Gasteiger partial charge in [-0.2, -0.15) is 0 Å². The van der Waals surface area contributed by atoms with Gasteiger partial charge < -0.3 is 14.6 Å². The molecule has 0 aliphatic heterocycles. The van der Waals surface area contributed by atoms with Crippen molar-refractivity contribution in [2.75, 3.05) is 13.2 Å². The second-order valence-electron chi connectivity index (χ2n) is 11.9. The van der Waals surface area contributed by atoms with Crippen molar-refractivity contribution in [2.24, 2.45) is 0 Å². The summed E-state index contributed by atoms with van der Waals surface area (Å²) in [6.45, 7) is 3.85. The number of aliphatic hydroxyl groups is 1. The van der Waals surface area contributed by atoms with Crippen LogP contribution in [0.2, 0.25) is 0 Å². The fourth-order valence-electron chi connectivity index (χ4n) is 4.39. The Kier molecular flexibility index (Phi) is 36.8. The maximum absolute atomic E-state index is 12.1. The fraction of sp³-hybridized carbons (Fsp3) is 0.511. The Hall–Kier alpha value is -3.70. The molecule has 0 rings (SSSR count). The van der Waals surface area contributed by atoms with Crippen LogP contribution < -0.4 is 0 Å². The second kappa shape index (κ2) is 39.7. The first-order valence-electron chi connectivity index (χ1n) is 19.1. The third-order valence-electron chi connectivity index (χ3n) is 7.25. The smallest absolute Gasteiger partial charge is 0.306 e. The molecule has 0 saturated carbocycles. The Morgan fingerprint density at radius 2 is 0.880 bits per heavy atom. The Balaban J connectivity index is 3.84. The van der Waals surface area contributed by atoms with Crippen LogP contribution in [0.5, 0.6) is 0 Å². The van der Waals surface area contributed by atoms with Crippen molar-refractivity contribution in [3.8, 4) is 0 Å². The number of aliphatic hydroxyl groups excluding tert-OH is 1. The number of rotatable bonds is 32. The molecule has 50 heavy (non-hydrogen) atoms. The van der Waals surface area contributed by atoms with E-state index in [1.54, 1.807) is 0 Å². The molecule has 0 amide bonds. The first-order chi connectivity index (χ1) is 24.6. The van der Waals surface area contributed by atoms with E-state index in [-0.39, 0.29) is 32.0 Å². The van der Waals surface area contributed by atoms with Crippen LogP contribution in [-0.4, -0.2) is 36.4 Å². The lowest BCUT2D eigenvalue weighted by atomic mass is 10.2. The molecular weight excluding hydrogens is 620 g/mol. The minimum absolute atomic E-state index is 0.137. The van der Waals surface area contributed by atoms with E-state index in [0.717, 1.165) is 64.2 Å². The largest absolute Gasteiger partial charge is 0.462 e. The zero-order valence-corrected chi connectivity index (χ0v) is 31.3. The molecule has 0 radical (unpaired) electrons. The predicted octanol–water partition coefficient (Wildman–Crippen LogP) is 12.1. The normalized spacial score (nSPS) is 13.6. The molecule has 1 atom stereocenters. The highest BCUT2D eigenvalue weighted by atomic mass is 16.6. The summed E-state index contributed by atoms with van der Waals surface area (Å²) in [5.41, 5.74) is 0. The molecule has 1 N–H and O–H groups in total. The van der Waals surface area contributed by atoms with Gasteiger partial charge in [0.1, 0.15) is 6.61 Å². The van der Waals surface area contributed by atoms with E-state index < -0.39 is 12.1 Å². The van der Waals surface area contributed by atoms with Crippen molar-refractivity contribution >= 4 is 11.9 Å². The molecule has 0 fully saturated rings. The zero-order chi connectivity index (χ0) is 36.4. The maximum Gasteiger partial charge on any atom is 0.306 e. The van der Waals surface area contributed by atoms with Gasteiger partial charge in [0.25, 0.3) is 0 Å². The summed E-state index contributed by atoms with van der Waals surface area (Å²) in [6.07, 6.45) is 58.4. The van der Waals surface area contributed by atoms with Gasteiger partial charge >= 0.3 is 11.9 Å². The van der Waals surface area contributed by atoms with Gasteiger partial charge in [0.2, 0.25) is 0 Å². The molecule has 0 saturated heterocycles. The molecule has 0 unspecified atom stereocenters. The zero-order valence-electron chi connectivity index (χ0n) is 31.3. The number of unbranched alkanes of at least 4 members (excludes halogenated alkanes) is 4. The molecule has 278 valence electrons. The molecule has 0 aromatic carbocycles. The molecule has 0 aliphatic rings. The number of ether oxygens (including phenoxy) is 2. The highest BCUT2D eigenvalue weighted by molar-refractivity contribution is 5.70. The van der Waals surface area contributed by atoms with E-state index in [2.05, 4.69) is 123 Å². The van der Waals surface area contributed by atoms with E-state index in [1.807, 2.05) is 12.2 Å².